The maximum atomic E-state index is 9.47. The van der Waals surface area contributed by atoms with Gasteiger partial charge in [0.2, 0.25) is 0 Å². The highest BCUT2D eigenvalue weighted by atomic mass is 35.5. The minimum atomic E-state index is 0. The van der Waals surface area contributed by atoms with E-state index in [9.17, 15) is 5.11 Å². The first-order valence-electron chi connectivity index (χ1n) is 8.00. The lowest BCUT2D eigenvalue weighted by molar-refractivity contribution is 0.0788. The van der Waals surface area contributed by atoms with E-state index in [1.807, 2.05) is 19.9 Å². The number of pyridine rings is 1. The number of fused-ring (bicyclic) bond motifs is 1. The number of benzene rings is 1. The Morgan fingerprint density at radius 2 is 2.09 bits per heavy atom. The highest BCUT2D eigenvalue weighted by Crippen LogP contribution is 2.32. The molecule has 4 nitrogen and oxygen atoms in total. The van der Waals surface area contributed by atoms with Crippen molar-refractivity contribution in [3.05, 3.63) is 35.0 Å². The molecule has 1 aromatic carbocycles. The third-order valence-electron chi connectivity index (χ3n) is 4.43. The predicted molar refractivity (Wildman–Crippen MR) is 96.6 cm³/mol. The van der Waals surface area contributed by atoms with Crippen LogP contribution in [0.4, 0.5) is 5.69 Å². The van der Waals surface area contributed by atoms with Gasteiger partial charge in [0.05, 0.1) is 18.2 Å². The van der Waals surface area contributed by atoms with Crippen LogP contribution in [-0.4, -0.2) is 35.9 Å². The Morgan fingerprint density at radius 1 is 1.30 bits per heavy atom. The molecule has 2 heterocycles. The summed E-state index contributed by atoms with van der Waals surface area (Å²) in [7, 11) is 0. The first-order chi connectivity index (χ1) is 10.6. The van der Waals surface area contributed by atoms with Gasteiger partial charge in [0.25, 0.3) is 0 Å². The van der Waals surface area contributed by atoms with Gasteiger partial charge in [-0.05, 0) is 56.5 Å². The Hall–Kier alpha value is -1.36. The zero-order chi connectivity index (χ0) is 15.7. The summed E-state index contributed by atoms with van der Waals surface area (Å²) in [4.78, 5) is 7.04. The lowest BCUT2D eigenvalue weighted by Gasteiger charge is -2.22. The number of aryl methyl sites for hydroxylation is 2. The molecular weight excluding hydrogens is 312 g/mol. The van der Waals surface area contributed by atoms with E-state index in [0.29, 0.717) is 6.10 Å². The molecule has 2 aromatic rings. The topological polar surface area (TPSA) is 45.6 Å². The average molecular weight is 337 g/mol. The molecule has 0 bridgehead atoms. The van der Waals surface area contributed by atoms with E-state index in [4.69, 9.17) is 4.74 Å². The predicted octanol–water partition coefficient (Wildman–Crippen LogP) is 3.38. The number of anilines is 1. The number of hydrogen-bond donors (Lipinski definition) is 1. The van der Waals surface area contributed by atoms with E-state index in [0.717, 1.165) is 53.8 Å². The van der Waals surface area contributed by atoms with Crippen LogP contribution in [0.3, 0.4) is 0 Å². The molecule has 1 fully saturated rings. The SMILES string of the molecule is CCO[C@H]1CCN(c2cc(C)nc3cc(CO)c(C)cc23)C1.Cl. The zero-order valence-corrected chi connectivity index (χ0v) is 14.8. The van der Waals surface area contributed by atoms with Crippen molar-refractivity contribution in [1.29, 1.82) is 0 Å². The fraction of sp³-hybridized carbons (Fsp3) is 0.500. The van der Waals surface area contributed by atoms with Crippen LogP contribution in [-0.2, 0) is 11.3 Å². The third kappa shape index (κ3) is 3.60. The summed E-state index contributed by atoms with van der Waals surface area (Å²) in [5.41, 5.74) is 5.27. The highest BCUT2D eigenvalue weighted by Gasteiger charge is 2.24. The van der Waals surface area contributed by atoms with Gasteiger partial charge < -0.3 is 14.7 Å². The van der Waals surface area contributed by atoms with E-state index in [1.54, 1.807) is 0 Å². The molecule has 0 spiro atoms. The summed E-state index contributed by atoms with van der Waals surface area (Å²) in [5.74, 6) is 0. The Balaban J connectivity index is 0.00000192. The maximum Gasteiger partial charge on any atom is 0.0766 e. The average Bonchev–Trinajstić information content (AvgIpc) is 2.95. The molecule has 3 rings (SSSR count). The van der Waals surface area contributed by atoms with Crippen molar-refractivity contribution in [1.82, 2.24) is 4.98 Å². The first-order valence-corrected chi connectivity index (χ1v) is 8.00. The molecule has 1 N–H and O–H groups in total. The van der Waals surface area contributed by atoms with Crippen LogP contribution in [0, 0.1) is 13.8 Å². The van der Waals surface area contributed by atoms with Crippen molar-refractivity contribution >= 4 is 29.0 Å². The van der Waals surface area contributed by atoms with Gasteiger partial charge in [-0.3, -0.25) is 4.98 Å². The summed E-state index contributed by atoms with van der Waals surface area (Å²) in [6, 6.07) is 6.32. The molecule has 23 heavy (non-hydrogen) atoms. The van der Waals surface area contributed by atoms with Crippen molar-refractivity contribution < 1.29 is 9.84 Å². The van der Waals surface area contributed by atoms with Crippen LogP contribution in [0.1, 0.15) is 30.2 Å². The van der Waals surface area contributed by atoms with Gasteiger partial charge in [-0.1, -0.05) is 0 Å². The molecule has 1 atom stereocenters. The smallest absolute Gasteiger partial charge is 0.0766 e. The summed E-state index contributed by atoms with van der Waals surface area (Å²) in [5, 5.41) is 10.6. The zero-order valence-electron chi connectivity index (χ0n) is 14.0. The van der Waals surface area contributed by atoms with Crippen LogP contribution in [0.2, 0.25) is 0 Å². The number of aromatic nitrogens is 1. The second kappa shape index (κ2) is 7.47. The molecule has 126 valence electrons. The standard InChI is InChI=1S/C18H24N2O2.ClH/c1-4-22-15-5-6-20(10-15)18-8-13(3)19-17-9-14(11-21)12(2)7-16(17)18;/h7-9,15,21H,4-6,10-11H2,1-3H3;1H/t15-;/m0./s1. The molecule has 0 saturated carbocycles. The van der Waals surface area contributed by atoms with E-state index >= 15 is 0 Å². The van der Waals surface area contributed by atoms with E-state index in [1.165, 1.54) is 5.69 Å². The van der Waals surface area contributed by atoms with Crippen molar-refractivity contribution in [2.24, 2.45) is 0 Å². The number of rotatable bonds is 4. The Labute approximate surface area is 143 Å². The van der Waals surface area contributed by atoms with Crippen molar-refractivity contribution in [2.75, 3.05) is 24.6 Å². The fourth-order valence-electron chi connectivity index (χ4n) is 3.29. The highest BCUT2D eigenvalue weighted by molar-refractivity contribution is 5.93. The van der Waals surface area contributed by atoms with Gasteiger partial charge in [-0.15, -0.1) is 12.4 Å². The molecule has 0 amide bonds. The van der Waals surface area contributed by atoms with E-state index in [-0.39, 0.29) is 19.0 Å². The van der Waals surface area contributed by atoms with Crippen LogP contribution < -0.4 is 4.90 Å². The number of aliphatic hydroxyl groups excluding tert-OH is 1. The van der Waals surface area contributed by atoms with Gasteiger partial charge in [-0.2, -0.15) is 0 Å². The van der Waals surface area contributed by atoms with Crippen LogP contribution >= 0.6 is 12.4 Å². The first kappa shape index (κ1) is 18.0. The number of aliphatic hydroxyl groups is 1. The van der Waals surface area contributed by atoms with Crippen LogP contribution in [0.15, 0.2) is 18.2 Å². The fourth-order valence-corrected chi connectivity index (χ4v) is 3.29. The number of hydrogen-bond acceptors (Lipinski definition) is 4. The number of ether oxygens (including phenoxy) is 1. The van der Waals surface area contributed by atoms with Crippen molar-refractivity contribution in [3.8, 4) is 0 Å². The minimum absolute atomic E-state index is 0. The number of halogens is 1. The number of nitrogens with zero attached hydrogens (tertiary/aromatic N) is 2. The molecule has 1 aromatic heterocycles. The molecule has 1 saturated heterocycles. The van der Waals surface area contributed by atoms with Crippen LogP contribution in [0.25, 0.3) is 10.9 Å². The monoisotopic (exact) mass is 336 g/mol. The Bertz CT molecular complexity index is 690. The molecule has 0 aliphatic carbocycles. The van der Waals surface area contributed by atoms with Gasteiger partial charge in [0, 0.05) is 36.5 Å². The molecular formula is C18H25ClN2O2. The molecule has 5 heteroatoms. The van der Waals surface area contributed by atoms with E-state index in [2.05, 4.69) is 28.9 Å². The van der Waals surface area contributed by atoms with E-state index < -0.39 is 0 Å². The Kier molecular flexibility index (Phi) is 5.84. The van der Waals surface area contributed by atoms with Gasteiger partial charge in [0.1, 0.15) is 0 Å². The van der Waals surface area contributed by atoms with Gasteiger partial charge >= 0.3 is 0 Å². The molecule has 1 aliphatic rings. The summed E-state index contributed by atoms with van der Waals surface area (Å²) < 4.78 is 5.77. The quantitative estimate of drug-likeness (QED) is 0.929. The molecule has 1 aliphatic heterocycles. The molecule has 0 unspecified atom stereocenters. The summed E-state index contributed by atoms with van der Waals surface area (Å²) >= 11 is 0. The van der Waals surface area contributed by atoms with Crippen molar-refractivity contribution in [3.63, 3.8) is 0 Å². The van der Waals surface area contributed by atoms with Gasteiger partial charge in [-0.25, -0.2) is 0 Å². The lowest BCUT2D eigenvalue weighted by atomic mass is 10.0. The Morgan fingerprint density at radius 3 is 2.78 bits per heavy atom. The lowest BCUT2D eigenvalue weighted by Crippen LogP contribution is -2.23. The van der Waals surface area contributed by atoms with Crippen molar-refractivity contribution in [2.45, 2.75) is 39.9 Å². The van der Waals surface area contributed by atoms with Gasteiger partial charge in [0.15, 0.2) is 0 Å². The second-order valence-electron chi connectivity index (χ2n) is 6.05. The minimum Gasteiger partial charge on any atom is -0.392 e. The normalized spacial score (nSPS) is 17.6. The largest absolute Gasteiger partial charge is 0.392 e. The van der Waals surface area contributed by atoms with Crippen LogP contribution in [0.5, 0.6) is 0 Å². The third-order valence-corrected chi connectivity index (χ3v) is 4.43. The molecule has 0 radical (unpaired) electrons. The summed E-state index contributed by atoms with van der Waals surface area (Å²) in [6.45, 7) is 8.90. The maximum absolute atomic E-state index is 9.47. The summed E-state index contributed by atoms with van der Waals surface area (Å²) in [6.07, 6.45) is 1.40. The second-order valence-corrected chi connectivity index (χ2v) is 6.05.